The molecule has 0 aliphatic heterocycles. The summed E-state index contributed by atoms with van der Waals surface area (Å²) in [6.45, 7) is 9.87. The molecule has 0 aromatic carbocycles. The summed E-state index contributed by atoms with van der Waals surface area (Å²) in [6.07, 6.45) is 0. The lowest BCUT2D eigenvalue weighted by atomic mass is 10.2. The number of nitrogens with zero attached hydrogens (tertiary/aromatic N) is 3. The lowest BCUT2D eigenvalue weighted by Crippen LogP contribution is -2.30. The highest BCUT2D eigenvalue weighted by Gasteiger charge is 2.28. The minimum Gasteiger partial charge on any atom is -0.338 e. The summed E-state index contributed by atoms with van der Waals surface area (Å²) in [7, 11) is -3.55. The number of hydrogen-bond acceptors (Lipinski definition) is 6. The Morgan fingerprint density at radius 2 is 2.05 bits per heavy atom. The molecular formula is C14H21N3O3S2. The van der Waals surface area contributed by atoms with Crippen LogP contribution in [-0.4, -0.2) is 29.4 Å². The van der Waals surface area contributed by atoms with Crippen molar-refractivity contribution >= 4 is 21.4 Å². The average molecular weight is 343 g/mol. The molecule has 0 unspecified atom stereocenters. The number of aryl methyl sites for hydroxylation is 2. The van der Waals surface area contributed by atoms with Crippen molar-refractivity contribution in [2.45, 2.75) is 52.0 Å². The van der Waals surface area contributed by atoms with Crippen molar-refractivity contribution in [2.24, 2.45) is 0 Å². The zero-order valence-corrected chi connectivity index (χ0v) is 15.1. The third kappa shape index (κ3) is 3.39. The van der Waals surface area contributed by atoms with Crippen molar-refractivity contribution in [3.63, 3.8) is 0 Å². The van der Waals surface area contributed by atoms with Crippen LogP contribution < -0.4 is 0 Å². The van der Waals surface area contributed by atoms with Crippen LogP contribution in [0.15, 0.2) is 15.5 Å². The van der Waals surface area contributed by atoms with E-state index in [0.29, 0.717) is 23.2 Å². The van der Waals surface area contributed by atoms with Crippen LogP contribution in [0.5, 0.6) is 0 Å². The molecule has 0 saturated carbocycles. The van der Waals surface area contributed by atoms with Crippen LogP contribution in [0.25, 0.3) is 0 Å². The Bertz CT molecular complexity index is 747. The molecule has 2 aromatic heterocycles. The molecule has 2 heterocycles. The summed E-state index contributed by atoms with van der Waals surface area (Å²) >= 11 is 1.48. The van der Waals surface area contributed by atoms with E-state index in [2.05, 4.69) is 10.1 Å². The van der Waals surface area contributed by atoms with Crippen molar-refractivity contribution in [3.05, 3.63) is 27.5 Å². The van der Waals surface area contributed by atoms with Gasteiger partial charge < -0.3 is 4.52 Å². The van der Waals surface area contributed by atoms with Gasteiger partial charge in [0, 0.05) is 22.2 Å². The first-order chi connectivity index (χ1) is 10.3. The molecule has 2 aromatic rings. The molecule has 8 heteroatoms. The number of thiophene rings is 1. The van der Waals surface area contributed by atoms with Crippen LogP contribution in [0.2, 0.25) is 0 Å². The first-order valence-corrected chi connectivity index (χ1v) is 9.41. The molecule has 0 N–H and O–H groups in total. The van der Waals surface area contributed by atoms with Crippen molar-refractivity contribution in [3.8, 4) is 0 Å². The molecule has 6 nitrogen and oxygen atoms in total. The van der Waals surface area contributed by atoms with Gasteiger partial charge in [0.15, 0.2) is 5.82 Å². The first kappa shape index (κ1) is 17.1. The molecule has 0 radical (unpaired) electrons. The molecule has 122 valence electrons. The third-order valence-corrected chi connectivity index (χ3v) is 6.42. The van der Waals surface area contributed by atoms with Crippen molar-refractivity contribution < 1.29 is 12.9 Å². The SMILES string of the molecule is CCN(Cc1nc(C(C)C)no1)S(=O)(=O)c1cc(C)sc1C. The average Bonchev–Trinajstić information content (AvgIpc) is 3.02. The molecule has 0 saturated heterocycles. The van der Waals surface area contributed by atoms with Crippen LogP contribution in [0.4, 0.5) is 0 Å². The maximum atomic E-state index is 12.8. The summed E-state index contributed by atoms with van der Waals surface area (Å²) < 4.78 is 32.1. The summed E-state index contributed by atoms with van der Waals surface area (Å²) in [5.74, 6) is 1.05. The minimum absolute atomic E-state index is 0.0902. The summed E-state index contributed by atoms with van der Waals surface area (Å²) in [5.41, 5.74) is 0. The highest BCUT2D eigenvalue weighted by Crippen LogP contribution is 2.28. The fourth-order valence-electron chi connectivity index (χ4n) is 2.09. The van der Waals surface area contributed by atoms with E-state index in [1.165, 1.54) is 15.6 Å². The maximum absolute atomic E-state index is 12.8. The van der Waals surface area contributed by atoms with E-state index in [4.69, 9.17) is 4.52 Å². The van der Waals surface area contributed by atoms with Gasteiger partial charge in [-0.1, -0.05) is 25.9 Å². The van der Waals surface area contributed by atoms with Crippen LogP contribution in [0.1, 0.15) is 48.2 Å². The van der Waals surface area contributed by atoms with Crippen LogP contribution in [0, 0.1) is 13.8 Å². The lowest BCUT2D eigenvalue weighted by Gasteiger charge is -2.18. The van der Waals surface area contributed by atoms with E-state index in [0.717, 1.165) is 9.75 Å². The Hall–Kier alpha value is -1.25. The monoisotopic (exact) mass is 343 g/mol. The zero-order valence-electron chi connectivity index (χ0n) is 13.5. The Labute approximate surface area is 135 Å². The number of sulfonamides is 1. The smallest absolute Gasteiger partial charge is 0.244 e. The Morgan fingerprint density at radius 3 is 2.50 bits per heavy atom. The van der Waals surface area contributed by atoms with Gasteiger partial charge in [0.2, 0.25) is 15.9 Å². The Kier molecular flexibility index (Phi) is 5.03. The second-order valence-electron chi connectivity index (χ2n) is 5.41. The first-order valence-electron chi connectivity index (χ1n) is 7.15. The highest BCUT2D eigenvalue weighted by molar-refractivity contribution is 7.89. The van der Waals surface area contributed by atoms with E-state index in [-0.39, 0.29) is 12.5 Å². The number of rotatable bonds is 6. The molecule has 0 atom stereocenters. The number of aromatic nitrogens is 2. The standard InChI is InChI=1S/C14H21N3O3S2/c1-6-17(8-13-15-14(9(2)3)16-20-13)22(18,19)12-7-10(4)21-11(12)5/h7,9H,6,8H2,1-5H3. The quantitative estimate of drug-likeness (QED) is 0.805. The lowest BCUT2D eigenvalue weighted by molar-refractivity contribution is 0.319. The summed E-state index contributed by atoms with van der Waals surface area (Å²) in [6, 6.07) is 1.71. The molecule has 2 rings (SSSR count). The van der Waals surface area contributed by atoms with Gasteiger partial charge in [-0.25, -0.2) is 8.42 Å². The van der Waals surface area contributed by atoms with Crippen molar-refractivity contribution in [1.82, 2.24) is 14.4 Å². The van der Waals surface area contributed by atoms with Gasteiger partial charge in [-0.2, -0.15) is 9.29 Å². The fourth-order valence-corrected chi connectivity index (χ4v) is 5.01. The van der Waals surface area contributed by atoms with E-state index >= 15 is 0 Å². The van der Waals surface area contributed by atoms with Gasteiger partial charge in [-0.05, 0) is 19.9 Å². The highest BCUT2D eigenvalue weighted by atomic mass is 32.2. The minimum atomic E-state index is -3.55. The van der Waals surface area contributed by atoms with Crippen molar-refractivity contribution in [1.29, 1.82) is 0 Å². The van der Waals surface area contributed by atoms with Gasteiger partial charge in [0.1, 0.15) is 0 Å². The Balaban J connectivity index is 2.28. The summed E-state index contributed by atoms with van der Waals surface area (Å²) in [4.78, 5) is 6.39. The zero-order chi connectivity index (χ0) is 16.5. The molecule has 0 spiro atoms. The topological polar surface area (TPSA) is 76.3 Å². The largest absolute Gasteiger partial charge is 0.338 e. The maximum Gasteiger partial charge on any atom is 0.244 e. The normalized spacial score (nSPS) is 12.5. The molecule has 0 fully saturated rings. The van der Waals surface area contributed by atoms with Gasteiger partial charge in [-0.3, -0.25) is 0 Å². The van der Waals surface area contributed by atoms with Crippen LogP contribution in [0.3, 0.4) is 0 Å². The van der Waals surface area contributed by atoms with Gasteiger partial charge in [-0.15, -0.1) is 11.3 Å². The molecule has 0 amide bonds. The molecule has 0 bridgehead atoms. The van der Waals surface area contributed by atoms with Crippen molar-refractivity contribution in [2.75, 3.05) is 6.54 Å². The predicted molar refractivity (Wildman–Crippen MR) is 85.4 cm³/mol. The molecule has 22 heavy (non-hydrogen) atoms. The number of hydrogen-bond donors (Lipinski definition) is 0. The second-order valence-corrected chi connectivity index (χ2v) is 8.78. The van der Waals surface area contributed by atoms with Gasteiger partial charge in [0.05, 0.1) is 11.4 Å². The van der Waals surface area contributed by atoms with E-state index in [1.54, 1.807) is 13.0 Å². The van der Waals surface area contributed by atoms with E-state index in [1.807, 2.05) is 27.7 Å². The van der Waals surface area contributed by atoms with Gasteiger partial charge in [0.25, 0.3) is 0 Å². The fraction of sp³-hybridized carbons (Fsp3) is 0.571. The second kappa shape index (κ2) is 6.47. The van der Waals surface area contributed by atoms with Crippen LogP contribution in [-0.2, 0) is 16.6 Å². The third-order valence-electron chi connectivity index (χ3n) is 3.28. The van der Waals surface area contributed by atoms with E-state index in [9.17, 15) is 8.42 Å². The predicted octanol–water partition coefficient (Wildman–Crippen LogP) is 3.08. The van der Waals surface area contributed by atoms with Crippen LogP contribution >= 0.6 is 11.3 Å². The van der Waals surface area contributed by atoms with Gasteiger partial charge >= 0.3 is 0 Å². The van der Waals surface area contributed by atoms with E-state index < -0.39 is 10.0 Å². The molecule has 0 aliphatic carbocycles. The summed E-state index contributed by atoms with van der Waals surface area (Å²) in [5, 5.41) is 3.87. The molecule has 0 aliphatic rings. The molecular weight excluding hydrogens is 322 g/mol. The Morgan fingerprint density at radius 1 is 1.36 bits per heavy atom.